The molecule has 0 aliphatic heterocycles. The molecular formula is C10H12BrClO. The van der Waals surface area contributed by atoms with Gasteiger partial charge in [-0.05, 0) is 44.0 Å². The molecule has 1 rings (SSSR count). The second kappa shape index (κ2) is 3.60. The van der Waals surface area contributed by atoms with Crippen LogP contribution >= 0.6 is 27.5 Å². The van der Waals surface area contributed by atoms with Crippen molar-refractivity contribution < 1.29 is 5.11 Å². The van der Waals surface area contributed by atoms with Gasteiger partial charge < -0.3 is 5.11 Å². The molecule has 0 saturated carbocycles. The zero-order valence-electron chi connectivity index (χ0n) is 7.86. The second-order valence-electron chi connectivity index (χ2n) is 3.64. The zero-order valence-corrected chi connectivity index (χ0v) is 10.2. The van der Waals surface area contributed by atoms with Crippen LogP contribution in [0.1, 0.15) is 25.0 Å². The fourth-order valence-corrected chi connectivity index (χ4v) is 2.22. The minimum atomic E-state index is -0.865. The predicted molar refractivity (Wildman–Crippen MR) is 59.1 cm³/mol. The molecular weight excluding hydrogens is 251 g/mol. The first kappa shape index (κ1) is 11.0. The zero-order chi connectivity index (χ0) is 10.2. The van der Waals surface area contributed by atoms with Crippen LogP contribution in [0.4, 0.5) is 0 Å². The van der Waals surface area contributed by atoms with Gasteiger partial charge in [0.1, 0.15) is 0 Å². The van der Waals surface area contributed by atoms with Crippen molar-refractivity contribution in [1.29, 1.82) is 0 Å². The summed E-state index contributed by atoms with van der Waals surface area (Å²) in [6.45, 7) is 5.40. The van der Waals surface area contributed by atoms with Crippen molar-refractivity contribution in [3.05, 3.63) is 32.8 Å². The summed E-state index contributed by atoms with van der Waals surface area (Å²) < 4.78 is 0.891. The molecule has 0 aliphatic carbocycles. The maximum atomic E-state index is 9.80. The average molecular weight is 264 g/mol. The highest BCUT2D eigenvalue weighted by Gasteiger charge is 2.20. The fraction of sp³-hybridized carbons (Fsp3) is 0.400. The van der Waals surface area contributed by atoms with Crippen molar-refractivity contribution in [3.8, 4) is 0 Å². The number of hydrogen-bond acceptors (Lipinski definition) is 1. The Labute approximate surface area is 91.9 Å². The molecule has 3 heteroatoms. The SMILES string of the molecule is Cc1cc(Br)c(C(C)(C)O)cc1Cl. The van der Waals surface area contributed by atoms with E-state index in [9.17, 15) is 5.11 Å². The Bertz CT molecular complexity index is 328. The van der Waals surface area contributed by atoms with Gasteiger partial charge in [0.25, 0.3) is 0 Å². The number of hydrogen-bond donors (Lipinski definition) is 1. The first-order valence-electron chi connectivity index (χ1n) is 4.01. The molecule has 1 N–H and O–H groups in total. The van der Waals surface area contributed by atoms with E-state index in [-0.39, 0.29) is 0 Å². The summed E-state index contributed by atoms with van der Waals surface area (Å²) in [4.78, 5) is 0. The van der Waals surface area contributed by atoms with E-state index in [1.165, 1.54) is 0 Å². The van der Waals surface area contributed by atoms with Gasteiger partial charge in [-0.2, -0.15) is 0 Å². The van der Waals surface area contributed by atoms with Crippen LogP contribution in [0.25, 0.3) is 0 Å². The van der Waals surface area contributed by atoms with Gasteiger partial charge in [0.2, 0.25) is 0 Å². The van der Waals surface area contributed by atoms with E-state index in [4.69, 9.17) is 11.6 Å². The summed E-state index contributed by atoms with van der Waals surface area (Å²) in [5.41, 5.74) is 0.945. The normalized spacial score (nSPS) is 11.8. The third-order valence-corrected chi connectivity index (χ3v) is 2.97. The largest absolute Gasteiger partial charge is 0.386 e. The highest BCUT2D eigenvalue weighted by atomic mass is 79.9. The molecule has 0 saturated heterocycles. The molecule has 0 heterocycles. The number of rotatable bonds is 1. The highest BCUT2D eigenvalue weighted by molar-refractivity contribution is 9.10. The van der Waals surface area contributed by atoms with E-state index in [0.29, 0.717) is 5.02 Å². The molecule has 0 atom stereocenters. The van der Waals surface area contributed by atoms with E-state index in [1.807, 2.05) is 13.0 Å². The first-order chi connectivity index (χ1) is 5.82. The van der Waals surface area contributed by atoms with Gasteiger partial charge in [-0.3, -0.25) is 0 Å². The molecule has 1 aromatic carbocycles. The lowest BCUT2D eigenvalue weighted by Gasteiger charge is -2.20. The summed E-state index contributed by atoms with van der Waals surface area (Å²) in [5, 5.41) is 10.5. The van der Waals surface area contributed by atoms with Crippen molar-refractivity contribution in [2.24, 2.45) is 0 Å². The molecule has 0 fully saturated rings. The number of aryl methyl sites for hydroxylation is 1. The highest BCUT2D eigenvalue weighted by Crippen LogP contribution is 2.32. The Kier molecular flexibility index (Phi) is 3.05. The van der Waals surface area contributed by atoms with Crippen LogP contribution in [0.5, 0.6) is 0 Å². The summed E-state index contributed by atoms with van der Waals surface area (Å²) >= 11 is 9.36. The van der Waals surface area contributed by atoms with Crippen LogP contribution in [-0.2, 0) is 5.60 Å². The molecule has 0 aliphatic rings. The Morgan fingerprint density at radius 2 is 1.92 bits per heavy atom. The van der Waals surface area contributed by atoms with Gasteiger partial charge in [-0.25, -0.2) is 0 Å². The lowest BCUT2D eigenvalue weighted by atomic mass is 9.97. The summed E-state index contributed by atoms with van der Waals surface area (Å²) in [5.74, 6) is 0. The molecule has 0 aromatic heterocycles. The maximum absolute atomic E-state index is 9.80. The average Bonchev–Trinajstić information content (AvgIpc) is 1.94. The lowest BCUT2D eigenvalue weighted by Crippen LogP contribution is -2.16. The molecule has 72 valence electrons. The molecule has 0 spiro atoms. The molecule has 0 amide bonds. The smallest absolute Gasteiger partial charge is 0.0851 e. The Morgan fingerprint density at radius 1 is 1.38 bits per heavy atom. The molecule has 1 nitrogen and oxygen atoms in total. The van der Waals surface area contributed by atoms with Crippen LogP contribution < -0.4 is 0 Å². The topological polar surface area (TPSA) is 20.2 Å². The number of benzene rings is 1. The number of aliphatic hydroxyl groups is 1. The third-order valence-electron chi connectivity index (χ3n) is 1.91. The van der Waals surface area contributed by atoms with Crippen LogP contribution in [-0.4, -0.2) is 5.11 Å². The quantitative estimate of drug-likeness (QED) is 0.820. The standard InChI is InChI=1S/C10H12BrClO/c1-6-4-8(11)7(5-9(6)12)10(2,3)13/h4-5,13H,1-3H3. The molecule has 1 aromatic rings. The Balaban J connectivity index is 3.32. The predicted octanol–water partition coefficient (Wildman–Crippen LogP) is 3.64. The van der Waals surface area contributed by atoms with Gasteiger partial charge in [0.05, 0.1) is 5.60 Å². The first-order valence-corrected chi connectivity index (χ1v) is 5.18. The summed E-state index contributed by atoms with van der Waals surface area (Å²) in [7, 11) is 0. The second-order valence-corrected chi connectivity index (χ2v) is 4.90. The summed E-state index contributed by atoms with van der Waals surface area (Å²) in [6.07, 6.45) is 0. The number of halogens is 2. The van der Waals surface area contributed by atoms with E-state index in [0.717, 1.165) is 15.6 Å². The molecule has 13 heavy (non-hydrogen) atoms. The third kappa shape index (κ3) is 2.46. The van der Waals surface area contributed by atoms with E-state index in [2.05, 4.69) is 15.9 Å². The van der Waals surface area contributed by atoms with Crippen molar-refractivity contribution in [2.75, 3.05) is 0 Å². The van der Waals surface area contributed by atoms with E-state index >= 15 is 0 Å². The van der Waals surface area contributed by atoms with Gasteiger partial charge >= 0.3 is 0 Å². The minimum absolute atomic E-state index is 0.681. The fourth-order valence-electron chi connectivity index (χ4n) is 1.12. The van der Waals surface area contributed by atoms with Gasteiger partial charge in [0.15, 0.2) is 0 Å². The van der Waals surface area contributed by atoms with Gasteiger partial charge in [0, 0.05) is 9.50 Å². The van der Waals surface area contributed by atoms with Gasteiger partial charge in [-0.1, -0.05) is 27.5 Å². The minimum Gasteiger partial charge on any atom is -0.386 e. The van der Waals surface area contributed by atoms with Gasteiger partial charge in [-0.15, -0.1) is 0 Å². The van der Waals surface area contributed by atoms with Crippen LogP contribution in [0.15, 0.2) is 16.6 Å². The van der Waals surface area contributed by atoms with E-state index < -0.39 is 5.60 Å². The Morgan fingerprint density at radius 3 is 2.38 bits per heavy atom. The van der Waals surface area contributed by atoms with Crippen molar-refractivity contribution in [2.45, 2.75) is 26.4 Å². The van der Waals surface area contributed by atoms with Crippen LogP contribution in [0.2, 0.25) is 5.02 Å². The molecule has 0 bridgehead atoms. The summed E-state index contributed by atoms with van der Waals surface area (Å²) in [6, 6.07) is 3.70. The van der Waals surface area contributed by atoms with E-state index in [1.54, 1.807) is 19.9 Å². The molecule has 0 unspecified atom stereocenters. The van der Waals surface area contributed by atoms with Crippen LogP contribution in [0.3, 0.4) is 0 Å². The lowest BCUT2D eigenvalue weighted by molar-refractivity contribution is 0.0778. The van der Waals surface area contributed by atoms with Crippen LogP contribution in [0, 0.1) is 6.92 Å². The Hall–Kier alpha value is -0.0500. The van der Waals surface area contributed by atoms with Crippen molar-refractivity contribution >= 4 is 27.5 Å². The monoisotopic (exact) mass is 262 g/mol. The maximum Gasteiger partial charge on any atom is 0.0851 e. The van der Waals surface area contributed by atoms with Crippen molar-refractivity contribution in [1.82, 2.24) is 0 Å². The van der Waals surface area contributed by atoms with Crippen molar-refractivity contribution in [3.63, 3.8) is 0 Å². The molecule has 0 radical (unpaired) electrons.